The zero-order valence-electron chi connectivity index (χ0n) is 13.5. The van der Waals surface area contributed by atoms with Gasteiger partial charge in [-0.2, -0.15) is 8.78 Å². The maximum Gasteiger partial charge on any atom is 0.387 e. The molecule has 134 valence electrons. The number of aromatic nitrogens is 2. The smallest absolute Gasteiger partial charge is 0.387 e. The number of amides is 1. The summed E-state index contributed by atoms with van der Waals surface area (Å²) in [5, 5.41) is 2.62. The van der Waals surface area contributed by atoms with E-state index in [-0.39, 0.29) is 18.3 Å². The maximum absolute atomic E-state index is 12.1. The van der Waals surface area contributed by atoms with Crippen LogP contribution in [0.5, 0.6) is 11.5 Å². The Morgan fingerprint density at radius 3 is 2.62 bits per heavy atom. The van der Waals surface area contributed by atoms with E-state index >= 15 is 0 Å². The first-order valence-electron chi connectivity index (χ1n) is 7.67. The highest BCUT2D eigenvalue weighted by Crippen LogP contribution is 2.22. The Hall–Kier alpha value is -3.42. The maximum atomic E-state index is 12.1. The number of rotatable bonds is 7. The summed E-state index contributed by atoms with van der Waals surface area (Å²) in [5.74, 6) is 0.165. The van der Waals surface area contributed by atoms with Crippen molar-refractivity contribution in [2.75, 3.05) is 11.9 Å². The number of para-hydroxylation sites is 2. The third-order valence-corrected chi connectivity index (χ3v) is 3.37. The van der Waals surface area contributed by atoms with Crippen molar-refractivity contribution in [3.05, 3.63) is 67.3 Å². The summed E-state index contributed by atoms with van der Waals surface area (Å²) >= 11 is 0. The number of hydrogen-bond donors (Lipinski definition) is 1. The largest absolute Gasteiger partial charge is 0.482 e. The Morgan fingerprint density at radius 1 is 1.15 bits per heavy atom. The molecule has 0 radical (unpaired) electrons. The SMILES string of the molecule is O=C(COc1ccccc1-n1ccnc1)Nc1ccc(OC(F)F)cc1. The molecular formula is C18H15F2N3O3. The van der Waals surface area contributed by atoms with Gasteiger partial charge >= 0.3 is 6.61 Å². The van der Waals surface area contributed by atoms with Crippen molar-refractivity contribution in [2.45, 2.75) is 6.61 Å². The van der Waals surface area contributed by atoms with Gasteiger partial charge in [0, 0.05) is 18.1 Å². The molecule has 0 aliphatic heterocycles. The van der Waals surface area contributed by atoms with Crippen LogP contribution < -0.4 is 14.8 Å². The fourth-order valence-electron chi connectivity index (χ4n) is 2.25. The van der Waals surface area contributed by atoms with E-state index in [9.17, 15) is 13.6 Å². The van der Waals surface area contributed by atoms with Gasteiger partial charge in [0.2, 0.25) is 0 Å². The van der Waals surface area contributed by atoms with Crippen LogP contribution in [0, 0.1) is 0 Å². The molecular weight excluding hydrogens is 344 g/mol. The van der Waals surface area contributed by atoms with Crippen LogP contribution in [0.15, 0.2) is 67.3 Å². The van der Waals surface area contributed by atoms with Gasteiger partial charge in [-0.25, -0.2) is 4.98 Å². The summed E-state index contributed by atoms with van der Waals surface area (Å²) in [6.45, 7) is -3.10. The first-order chi connectivity index (χ1) is 12.6. The Bertz CT molecular complexity index is 852. The van der Waals surface area contributed by atoms with Crippen LogP contribution in [-0.2, 0) is 4.79 Å². The monoisotopic (exact) mass is 359 g/mol. The van der Waals surface area contributed by atoms with Crippen molar-refractivity contribution < 1.29 is 23.0 Å². The van der Waals surface area contributed by atoms with Gasteiger partial charge in [-0.3, -0.25) is 4.79 Å². The fourth-order valence-corrected chi connectivity index (χ4v) is 2.25. The molecule has 0 atom stereocenters. The van der Waals surface area contributed by atoms with E-state index in [0.29, 0.717) is 11.4 Å². The first-order valence-corrected chi connectivity index (χ1v) is 7.67. The minimum Gasteiger partial charge on any atom is -0.482 e. The van der Waals surface area contributed by atoms with Gasteiger partial charge in [-0.05, 0) is 36.4 Å². The number of hydrogen-bond acceptors (Lipinski definition) is 4. The molecule has 0 saturated heterocycles. The minimum atomic E-state index is -2.89. The normalized spacial score (nSPS) is 10.6. The third kappa shape index (κ3) is 4.56. The number of nitrogens with zero attached hydrogens (tertiary/aromatic N) is 2. The summed E-state index contributed by atoms with van der Waals surface area (Å²) in [4.78, 5) is 16.0. The molecule has 0 aliphatic carbocycles. The van der Waals surface area contributed by atoms with E-state index in [2.05, 4.69) is 15.0 Å². The van der Waals surface area contributed by atoms with Crippen LogP contribution in [0.2, 0.25) is 0 Å². The lowest BCUT2D eigenvalue weighted by atomic mass is 10.3. The highest BCUT2D eigenvalue weighted by molar-refractivity contribution is 5.91. The highest BCUT2D eigenvalue weighted by Gasteiger charge is 2.09. The van der Waals surface area contributed by atoms with Crippen molar-refractivity contribution >= 4 is 11.6 Å². The number of nitrogens with one attached hydrogen (secondary N) is 1. The van der Waals surface area contributed by atoms with Crippen molar-refractivity contribution in [3.8, 4) is 17.2 Å². The average molecular weight is 359 g/mol. The number of halogens is 2. The summed E-state index contributed by atoms with van der Waals surface area (Å²) in [6, 6.07) is 12.9. The number of carbonyl (C=O) groups is 1. The predicted molar refractivity (Wildman–Crippen MR) is 90.8 cm³/mol. The summed E-state index contributed by atoms with van der Waals surface area (Å²) < 4.78 is 35.8. The molecule has 0 bridgehead atoms. The van der Waals surface area contributed by atoms with E-state index in [4.69, 9.17) is 4.74 Å². The summed E-state index contributed by atoms with van der Waals surface area (Å²) in [5.41, 5.74) is 1.20. The van der Waals surface area contributed by atoms with Crippen molar-refractivity contribution in [3.63, 3.8) is 0 Å². The minimum absolute atomic E-state index is 0.0171. The molecule has 26 heavy (non-hydrogen) atoms. The molecule has 0 spiro atoms. The molecule has 3 aromatic rings. The van der Waals surface area contributed by atoms with Crippen LogP contribution >= 0.6 is 0 Å². The number of carbonyl (C=O) groups excluding carboxylic acids is 1. The molecule has 0 fully saturated rings. The molecule has 1 amide bonds. The van der Waals surface area contributed by atoms with Gasteiger partial charge < -0.3 is 19.4 Å². The lowest BCUT2D eigenvalue weighted by Gasteiger charge is -2.12. The first kappa shape index (κ1) is 17.4. The van der Waals surface area contributed by atoms with E-state index in [1.807, 2.05) is 12.1 Å². The van der Waals surface area contributed by atoms with E-state index in [0.717, 1.165) is 5.69 Å². The Balaban J connectivity index is 1.58. The molecule has 0 saturated carbocycles. The lowest BCUT2D eigenvalue weighted by molar-refractivity contribution is -0.118. The van der Waals surface area contributed by atoms with Crippen LogP contribution in [0.25, 0.3) is 5.69 Å². The number of imidazole rings is 1. The standard InChI is InChI=1S/C18H15F2N3O3/c19-18(20)26-14-7-5-13(6-8-14)22-17(24)11-25-16-4-2-1-3-15(16)23-10-9-21-12-23/h1-10,12,18H,11H2,(H,22,24). The van der Waals surface area contributed by atoms with Crippen molar-refractivity contribution in [1.82, 2.24) is 9.55 Å². The molecule has 0 unspecified atom stereocenters. The van der Waals surface area contributed by atoms with Crippen molar-refractivity contribution in [2.24, 2.45) is 0 Å². The van der Waals surface area contributed by atoms with Gasteiger partial charge in [0.1, 0.15) is 11.5 Å². The second kappa shape index (κ2) is 8.11. The number of alkyl halides is 2. The van der Waals surface area contributed by atoms with E-state index in [1.54, 1.807) is 35.4 Å². The summed E-state index contributed by atoms with van der Waals surface area (Å²) in [6.07, 6.45) is 5.04. The van der Waals surface area contributed by atoms with Gasteiger partial charge in [-0.15, -0.1) is 0 Å². The van der Waals surface area contributed by atoms with E-state index < -0.39 is 6.61 Å². The third-order valence-electron chi connectivity index (χ3n) is 3.37. The van der Waals surface area contributed by atoms with Crippen LogP contribution in [-0.4, -0.2) is 28.7 Å². The van der Waals surface area contributed by atoms with Crippen LogP contribution in [0.1, 0.15) is 0 Å². The average Bonchev–Trinajstić information content (AvgIpc) is 3.16. The van der Waals surface area contributed by atoms with Crippen LogP contribution in [0.3, 0.4) is 0 Å². The van der Waals surface area contributed by atoms with Crippen molar-refractivity contribution in [1.29, 1.82) is 0 Å². The molecule has 1 heterocycles. The molecule has 3 rings (SSSR count). The zero-order chi connectivity index (χ0) is 18.4. The molecule has 0 aliphatic rings. The van der Waals surface area contributed by atoms with Gasteiger partial charge in [-0.1, -0.05) is 12.1 Å². The summed E-state index contributed by atoms with van der Waals surface area (Å²) in [7, 11) is 0. The fraction of sp³-hybridized carbons (Fsp3) is 0.111. The zero-order valence-corrected chi connectivity index (χ0v) is 13.5. The van der Waals surface area contributed by atoms with Gasteiger partial charge in [0.15, 0.2) is 6.61 Å². The molecule has 1 N–H and O–H groups in total. The Kier molecular flexibility index (Phi) is 5.43. The molecule has 8 heteroatoms. The van der Waals surface area contributed by atoms with Gasteiger partial charge in [0.25, 0.3) is 5.91 Å². The molecule has 6 nitrogen and oxygen atoms in total. The number of anilines is 1. The topological polar surface area (TPSA) is 65.4 Å². The quantitative estimate of drug-likeness (QED) is 0.701. The Morgan fingerprint density at radius 2 is 1.92 bits per heavy atom. The molecule has 2 aromatic carbocycles. The Labute approximate surface area is 148 Å². The van der Waals surface area contributed by atoms with E-state index in [1.165, 1.54) is 24.3 Å². The van der Waals surface area contributed by atoms with Gasteiger partial charge in [0.05, 0.1) is 12.0 Å². The highest BCUT2D eigenvalue weighted by atomic mass is 19.3. The van der Waals surface area contributed by atoms with Crippen LogP contribution in [0.4, 0.5) is 14.5 Å². The second-order valence-corrected chi connectivity index (χ2v) is 5.18. The number of ether oxygens (including phenoxy) is 2. The second-order valence-electron chi connectivity index (χ2n) is 5.18. The predicted octanol–water partition coefficient (Wildman–Crippen LogP) is 3.49. The molecule has 1 aromatic heterocycles. The number of benzene rings is 2. The lowest BCUT2D eigenvalue weighted by Crippen LogP contribution is -2.20.